The highest BCUT2D eigenvalue weighted by Gasteiger charge is 1.95. The van der Waals surface area contributed by atoms with Crippen LogP contribution in [0.5, 0.6) is 5.75 Å². The number of rotatable bonds is 2. The van der Waals surface area contributed by atoms with Gasteiger partial charge in [-0.3, -0.25) is 5.11 Å². The van der Waals surface area contributed by atoms with Crippen LogP contribution in [0.3, 0.4) is 0 Å². The van der Waals surface area contributed by atoms with E-state index < -0.39 is 0 Å². The lowest BCUT2D eigenvalue weighted by Crippen LogP contribution is -1.88. The standard InChI is InChI=1S/C12H10NO/c14-12-8-4-7-11(9-12)13-10-5-2-1-3-6-10/h1-9,13H. The van der Waals surface area contributed by atoms with Gasteiger partial charge in [-0.25, -0.2) is 0 Å². The Morgan fingerprint density at radius 2 is 1.50 bits per heavy atom. The zero-order valence-corrected chi connectivity index (χ0v) is 7.60. The molecule has 0 aliphatic rings. The molecule has 0 amide bonds. The molecule has 69 valence electrons. The maximum atomic E-state index is 11.0. The second-order valence-electron chi connectivity index (χ2n) is 3.02. The SMILES string of the molecule is [O]c1cccc(Nc2ccccc2)c1. The summed E-state index contributed by atoms with van der Waals surface area (Å²) in [6, 6.07) is 16.5. The van der Waals surface area contributed by atoms with Crippen LogP contribution in [0, 0.1) is 0 Å². The first-order valence-electron chi connectivity index (χ1n) is 4.44. The topological polar surface area (TPSA) is 31.9 Å². The Balaban J connectivity index is 2.19. The van der Waals surface area contributed by atoms with Gasteiger partial charge < -0.3 is 5.32 Å². The van der Waals surface area contributed by atoms with Crippen LogP contribution in [0.25, 0.3) is 0 Å². The van der Waals surface area contributed by atoms with Crippen LogP contribution in [-0.4, -0.2) is 0 Å². The van der Waals surface area contributed by atoms with Crippen molar-refractivity contribution in [3.05, 3.63) is 54.6 Å². The van der Waals surface area contributed by atoms with E-state index >= 15 is 0 Å². The van der Waals surface area contributed by atoms with Crippen molar-refractivity contribution >= 4 is 11.4 Å². The van der Waals surface area contributed by atoms with E-state index in [0.717, 1.165) is 11.4 Å². The number of benzene rings is 2. The van der Waals surface area contributed by atoms with Gasteiger partial charge in [0.15, 0.2) is 5.75 Å². The molecule has 0 aromatic heterocycles. The van der Waals surface area contributed by atoms with Crippen molar-refractivity contribution in [2.24, 2.45) is 0 Å². The van der Waals surface area contributed by atoms with E-state index in [9.17, 15) is 5.11 Å². The molecule has 0 saturated heterocycles. The first kappa shape index (κ1) is 8.63. The first-order valence-corrected chi connectivity index (χ1v) is 4.44. The summed E-state index contributed by atoms with van der Waals surface area (Å²) in [4.78, 5) is 0. The van der Waals surface area contributed by atoms with E-state index in [0.29, 0.717) is 0 Å². The normalized spacial score (nSPS) is 9.71. The molecule has 14 heavy (non-hydrogen) atoms. The molecule has 0 fully saturated rings. The van der Waals surface area contributed by atoms with Crippen molar-refractivity contribution in [2.75, 3.05) is 5.32 Å². The Morgan fingerprint density at radius 1 is 0.786 bits per heavy atom. The van der Waals surface area contributed by atoms with Gasteiger partial charge in [0.1, 0.15) is 0 Å². The monoisotopic (exact) mass is 184 g/mol. The van der Waals surface area contributed by atoms with Crippen LogP contribution in [0.1, 0.15) is 0 Å². The zero-order valence-electron chi connectivity index (χ0n) is 7.60. The number of nitrogens with one attached hydrogen (secondary N) is 1. The van der Waals surface area contributed by atoms with Gasteiger partial charge in [0.2, 0.25) is 0 Å². The van der Waals surface area contributed by atoms with Gasteiger partial charge in [0.05, 0.1) is 0 Å². The summed E-state index contributed by atoms with van der Waals surface area (Å²) in [5.74, 6) is 0.0194. The van der Waals surface area contributed by atoms with Crippen molar-refractivity contribution in [1.82, 2.24) is 0 Å². The third-order valence-electron chi connectivity index (χ3n) is 1.90. The Morgan fingerprint density at radius 3 is 2.21 bits per heavy atom. The second kappa shape index (κ2) is 3.83. The molecule has 1 N–H and O–H groups in total. The van der Waals surface area contributed by atoms with Gasteiger partial charge >= 0.3 is 0 Å². The molecular weight excluding hydrogens is 174 g/mol. The van der Waals surface area contributed by atoms with Crippen LogP contribution >= 0.6 is 0 Å². The molecular formula is C12H10NO. The van der Waals surface area contributed by atoms with Crippen LogP contribution < -0.4 is 5.32 Å². The van der Waals surface area contributed by atoms with Crippen molar-refractivity contribution in [1.29, 1.82) is 0 Å². The van der Waals surface area contributed by atoms with Crippen LogP contribution in [-0.2, 0) is 5.11 Å². The maximum Gasteiger partial charge on any atom is 0.180 e. The minimum Gasteiger partial charge on any atom is -0.355 e. The Bertz CT molecular complexity index is 412. The van der Waals surface area contributed by atoms with E-state index in [-0.39, 0.29) is 5.75 Å². The van der Waals surface area contributed by atoms with Gasteiger partial charge in [-0.1, -0.05) is 24.3 Å². The highest BCUT2D eigenvalue weighted by molar-refractivity contribution is 5.60. The van der Waals surface area contributed by atoms with Crippen molar-refractivity contribution < 1.29 is 5.11 Å². The van der Waals surface area contributed by atoms with E-state index in [4.69, 9.17) is 0 Å². The summed E-state index contributed by atoms with van der Waals surface area (Å²) >= 11 is 0. The number of hydrogen-bond acceptors (Lipinski definition) is 1. The smallest absolute Gasteiger partial charge is 0.180 e. The van der Waals surface area contributed by atoms with Crippen LogP contribution in [0.2, 0.25) is 0 Å². The fourth-order valence-electron chi connectivity index (χ4n) is 1.26. The summed E-state index contributed by atoms with van der Waals surface area (Å²) in [5.41, 5.74) is 1.81. The van der Waals surface area contributed by atoms with Gasteiger partial charge in [-0.15, -0.1) is 0 Å². The molecule has 0 unspecified atom stereocenters. The quantitative estimate of drug-likeness (QED) is 0.760. The molecule has 0 aliphatic carbocycles. The lowest BCUT2D eigenvalue weighted by molar-refractivity contribution is 0.355. The molecule has 2 aromatic rings. The number of hydrogen-bond donors (Lipinski definition) is 1. The largest absolute Gasteiger partial charge is 0.355 e. The molecule has 2 heteroatoms. The summed E-state index contributed by atoms with van der Waals surface area (Å²) in [6.07, 6.45) is 0. The maximum absolute atomic E-state index is 11.0. The average Bonchev–Trinajstić information content (AvgIpc) is 2.19. The van der Waals surface area contributed by atoms with Crippen LogP contribution in [0.4, 0.5) is 11.4 Å². The highest BCUT2D eigenvalue weighted by atomic mass is 16.3. The van der Waals surface area contributed by atoms with Crippen LogP contribution in [0.15, 0.2) is 54.6 Å². The molecule has 1 radical (unpaired) electrons. The molecule has 0 saturated carbocycles. The molecule has 2 aromatic carbocycles. The van der Waals surface area contributed by atoms with Gasteiger partial charge in [-0.05, 0) is 24.3 Å². The molecule has 0 bridgehead atoms. The predicted octanol–water partition coefficient (Wildman–Crippen LogP) is 3.57. The molecule has 0 aliphatic heterocycles. The predicted molar refractivity (Wildman–Crippen MR) is 56.3 cm³/mol. The summed E-state index contributed by atoms with van der Waals surface area (Å²) in [6.45, 7) is 0. The Labute approximate surface area is 82.8 Å². The molecule has 0 atom stereocenters. The zero-order chi connectivity index (χ0) is 9.80. The Kier molecular flexibility index (Phi) is 2.36. The minimum absolute atomic E-state index is 0.0194. The van der Waals surface area contributed by atoms with E-state index in [2.05, 4.69) is 5.32 Å². The number of anilines is 2. The average molecular weight is 184 g/mol. The van der Waals surface area contributed by atoms with E-state index in [1.807, 2.05) is 36.4 Å². The third-order valence-corrected chi connectivity index (χ3v) is 1.90. The third kappa shape index (κ3) is 2.04. The summed E-state index contributed by atoms with van der Waals surface area (Å²) < 4.78 is 0. The van der Waals surface area contributed by atoms with Gasteiger partial charge in [0, 0.05) is 17.4 Å². The van der Waals surface area contributed by atoms with E-state index in [1.165, 1.54) is 6.07 Å². The fraction of sp³-hybridized carbons (Fsp3) is 0. The Hall–Kier alpha value is -1.96. The van der Waals surface area contributed by atoms with Crippen molar-refractivity contribution in [3.8, 4) is 5.75 Å². The lowest BCUT2D eigenvalue weighted by Gasteiger charge is -2.04. The highest BCUT2D eigenvalue weighted by Crippen LogP contribution is 2.20. The van der Waals surface area contributed by atoms with Crippen molar-refractivity contribution in [2.45, 2.75) is 0 Å². The fourth-order valence-corrected chi connectivity index (χ4v) is 1.26. The minimum atomic E-state index is 0.0194. The summed E-state index contributed by atoms with van der Waals surface area (Å²) in [5, 5.41) is 14.2. The molecule has 0 heterocycles. The summed E-state index contributed by atoms with van der Waals surface area (Å²) in [7, 11) is 0. The van der Waals surface area contributed by atoms with Crippen molar-refractivity contribution in [3.63, 3.8) is 0 Å². The lowest BCUT2D eigenvalue weighted by atomic mass is 10.2. The van der Waals surface area contributed by atoms with E-state index in [1.54, 1.807) is 12.1 Å². The van der Waals surface area contributed by atoms with Gasteiger partial charge in [-0.2, -0.15) is 0 Å². The second-order valence-corrected chi connectivity index (χ2v) is 3.02. The van der Waals surface area contributed by atoms with Gasteiger partial charge in [0.25, 0.3) is 0 Å². The molecule has 2 rings (SSSR count). The molecule has 0 spiro atoms. The first-order chi connectivity index (χ1) is 6.84. The number of para-hydroxylation sites is 1. The molecule has 2 nitrogen and oxygen atoms in total.